The van der Waals surface area contributed by atoms with Crippen molar-refractivity contribution in [3.8, 4) is 0 Å². The Hall–Kier alpha value is -3.54. The number of amides is 1. The maximum Gasteiger partial charge on any atom is 0.255 e. The Bertz CT molecular complexity index is 1020. The lowest BCUT2D eigenvalue weighted by Gasteiger charge is -2.36. The SMILES string of the molecule is Cc1cccc(N2CCN(c3ccc(NC(=O)c4ccc(N(C)C)cc4)cc3)CC2)n1. The van der Waals surface area contributed by atoms with Gasteiger partial charge in [-0.15, -0.1) is 0 Å². The van der Waals surface area contributed by atoms with E-state index in [-0.39, 0.29) is 5.91 Å². The van der Waals surface area contributed by atoms with Crippen molar-refractivity contribution in [3.05, 3.63) is 78.0 Å². The molecule has 31 heavy (non-hydrogen) atoms. The molecule has 160 valence electrons. The van der Waals surface area contributed by atoms with Gasteiger partial charge in [0.25, 0.3) is 5.91 Å². The van der Waals surface area contributed by atoms with Gasteiger partial charge in [-0.05, 0) is 67.6 Å². The monoisotopic (exact) mass is 415 g/mol. The molecule has 1 aromatic heterocycles. The Balaban J connectivity index is 1.33. The Morgan fingerprint density at radius 3 is 2.13 bits per heavy atom. The molecule has 6 nitrogen and oxygen atoms in total. The number of anilines is 4. The van der Waals surface area contributed by atoms with Gasteiger partial charge in [-0.1, -0.05) is 6.07 Å². The van der Waals surface area contributed by atoms with Crippen molar-refractivity contribution in [2.75, 3.05) is 60.3 Å². The fourth-order valence-corrected chi connectivity index (χ4v) is 3.77. The topological polar surface area (TPSA) is 51.7 Å². The highest BCUT2D eigenvalue weighted by Gasteiger charge is 2.18. The number of hydrogen-bond acceptors (Lipinski definition) is 5. The Kier molecular flexibility index (Phi) is 6.07. The molecule has 3 aromatic rings. The minimum absolute atomic E-state index is 0.0997. The number of carbonyl (C=O) groups excluding carboxylic acids is 1. The predicted octanol–water partition coefficient (Wildman–Crippen LogP) is 4.03. The van der Waals surface area contributed by atoms with Gasteiger partial charge in [0.05, 0.1) is 0 Å². The number of piperazine rings is 1. The molecule has 1 saturated heterocycles. The summed E-state index contributed by atoms with van der Waals surface area (Å²) in [5, 5.41) is 2.98. The first-order valence-electron chi connectivity index (χ1n) is 10.6. The average Bonchev–Trinajstić information content (AvgIpc) is 2.80. The third-order valence-electron chi connectivity index (χ3n) is 5.61. The Morgan fingerprint density at radius 2 is 1.52 bits per heavy atom. The van der Waals surface area contributed by atoms with Crippen LogP contribution in [-0.2, 0) is 0 Å². The van der Waals surface area contributed by atoms with Crippen LogP contribution in [0, 0.1) is 6.92 Å². The molecule has 1 fully saturated rings. The number of nitrogens with zero attached hydrogens (tertiary/aromatic N) is 4. The highest BCUT2D eigenvalue weighted by Crippen LogP contribution is 2.22. The number of nitrogens with one attached hydrogen (secondary N) is 1. The molecule has 2 heterocycles. The number of aryl methyl sites for hydroxylation is 1. The van der Waals surface area contributed by atoms with Crippen molar-refractivity contribution in [2.45, 2.75) is 6.92 Å². The molecule has 0 unspecified atom stereocenters. The van der Waals surface area contributed by atoms with E-state index in [1.54, 1.807) is 0 Å². The predicted molar refractivity (Wildman–Crippen MR) is 129 cm³/mol. The molecular weight excluding hydrogens is 386 g/mol. The van der Waals surface area contributed by atoms with Gasteiger partial charge in [0, 0.05) is 68.6 Å². The minimum Gasteiger partial charge on any atom is -0.378 e. The van der Waals surface area contributed by atoms with Gasteiger partial charge < -0.3 is 20.0 Å². The fraction of sp³-hybridized carbons (Fsp3) is 0.280. The van der Waals surface area contributed by atoms with Crippen LogP contribution in [0.2, 0.25) is 0 Å². The number of aromatic nitrogens is 1. The molecule has 1 aliphatic rings. The van der Waals surface area contributed by atoms with Crippen LogP contribution >= 0.6 is 0 Å². The van der Waals surface area contributed by atoms with E-state index in [2.05, 4.69) is 44.4 Å². The molecule has 2 aromatic carbocycles. The van der Waals surface area contributed by atoms with Crippen molar-refractivity contribution in [1.29, 1.82) is 0 Å². The molecule has 0 atom stereocenters. The number of hydrogen-bond donors (Lipinski definition) is 1. The van der Waals surface area contributed by atoms with Crippen LogP contribution in [0.5, 0.6) is 0 Å². The molecule has 0 aliphatic carbocycles. The quantitative estimate of drug-likeness (QED) is 0.682. The molecule has 1 N–H and O–H groups in total. The van der Waals surface area contributed by atoms with Crippen LogP contribution in [0.1, 0.15) is 16.1 Å². The number of benzene rings is 2. The van der Waals surface area contributed by atoms with Gasteiger partial charge in [-0.25, -0.2) is 4.98 Å². The zero-order valence-electron chi connectivity index (χ0n) is 18.4. The van der Waals surface area contributed by atoms with Gasteiger partial charge >= 0.3 is 0 Å². The van der Waals surface area contributed by atoms with Crippen LogP contribution < -0.4 is 20.0 Å². The summed E-state index contributed by atoms with van der Waals surface area (Å²) in [5.74, 6) is 0.952. The second-order valence-corrected chi connectivity index (χ2v) is 8.05. The van der Waals surface area contributed by atoms with E-state index < -0.39 is 0 Å². The maximum absolute atomic E-state index is 12.5. The van der Waals surface area contributed by atoms with E-state index in [4.69, 9.17) is 0 Å². The Morgan fingerprint density at radius 1 is 0.871 bits per heavy atom. The summed E-state index contributed by atoms with van der Waals surface area (Å²) >= 11 is 0. The lowest BCUT2D eigenvalue weighted by Crippen LogP contribution is -2.46. The zero-order valence-corrected chi connectivity index (χ0v) is 18.4. The number of pyridine rings is 1. The first kappa shape index (κ1) is 20.7. The second kappa shape index (κ2) is 9.08. The van der Waals surface area contributed by atoms with Gasteiger partial charge in [0.2, 0.25) is 0 Å². The molecular formula is C25H29N5O. The summed E-state index contributed by atoms with van der Waals surface area (Å²) in [6, 6.07) is 21.8. The van der Waals surface area contributed by atoms with Crippen LogP contribution in [0.3, 0.4) is 0 Å². The summed E-state index contributed by atoms with van der Waals surface area (Å²) < 4.78 is 0. The second-order valence-electron chi connectivity index (χ2n) is 8.05. The third kappa shape index (κ3) is 4.97. The van der Waals surface area contributed by atoms with E-state index in [0.29, 0.717) is 5.56 Å². The highest BCUT2D eigenvalue weighted by molar-refractivity contribution is 6.04. The third-order valence-corrected chi connectivity index (χ3v) is 5.61. The van der Waals surface area contributed by atoms with E-state index in [1.807, 2.05) is 68.4 Å². The molecule has 0 saturated carbocycles. The normalized spacial score (nSPS) is 13.8. The largest absolute Gasteiger partial charge is 0.378 e. The number of carbonyl (C=O) groups is 1. The van der Waals surface area contributed by atoms with Crippen LogP contribution in [0.25, 0.3) is 0 Å². The summed E-state index contributed by atoms with van der Waals surface area (Å²) in [4.78, 5) is 23.9. The molecule has 0 bridgehead atoms. The summed E-state index contributed by atoms with van der Waals surface area (Å²) in [6.45, 7) is 5.80. The highest BCUT2D eigenvalue weighted by atomic mass is 16.1. The van der Waals surface area contributed by atoms with Crippen LogP contribution in [-0.4, -0.2) is 51.2 Å². The molecule has 4 rings (SSSR count). The first-order chi connectivity index (χ1) is 15.0. The lowest BCUT2D eigenvalue weighted by atomic mass is 10.1. The van der Waals surface area contributed by atoms with E-state index in [0.717, 1.165) is 49.1 Å². The molecule has 6 heteroatoms. The van der Waals surface area contributed by atoms with Gasteiger partial charge in [0.1, 0.15) is 5.82 Å². The van der Waals surface area contributed by atoms with Crippen molar-refractivity contribution in [3.63, 3.8) is 0 Å². The average molecular weight is 416 g/mol. The molecule has 1 amide bonds. The van der Waals surface area contributed by atoms with Gasteiger partial charge in [-0.3, -0.25) is 4.79 Å². The maximum atomic E-state index is 12.5. The van der Waals surface area contributed by atoms with Crippen LogP contribution in [0.15, 0.2) is 66.7 Å². The van der Waals surface area contributed by atoms with Crippen LogP contribution in [0.4, 0.5) is 22.9 Å². The molecule has 0 radical (unpaired) electrons. The zero-order chi connectivity index (χ0) is 21.8. The summed E-state index contributed by atoms with van der Waals surface area (Å²) in [6.07, 6.45) is 0. The summed E-state index contributed by atoms with van der Waals surface area (Å²) in [5.41, 5.74) is 4.74. The Labute approximate surface area is 184 Å². The lowest BCUT2D eigenvalue weighted by molar-refractivity contribution is 0.102. The summed E-state index contributed by atoms with van der Waals surface area (Å²) in [7, 11) is 3.96. The van der Waals surface area contributed by atoms with Gasteiger partial charge in [0.15, 0.2) is 0 Å². The first-order valence-corrected chi connectivity index (χ1v) is 10.6. The van der Waals surface area contributed by atoms with Crippen molar-refractivity contribution in [1.82, 2.24) is 4.98 Å². The fourth-order valence-electron chi connectivity index (χ4n) is 3.77. The van der Waals surface area contributed by atoms with Crippen molar-refractivity contribution >= 4 is 28.8 Å². The minimum atomic E-state index is -0.0997. The van der Waals surface area contributed by atoms with Crippen molar-refractivity contribution < 1.29 is 4.79 Å². The van der Waals surface area contributed by atoms with E-state index >= 15 is 0 Å². The van der Waals surface area contributed by atoms with E-state index in [9.17, 15) is 4.79 Å². The molecule has 1 aliphatic heterocycles. The number of rotatable bonds is 5. The molecule has 0 spiro atoms. The van der Waals surface area contributed by atoms with E-state index in [1.165, 1.54) is 5.69 Å². The smallest absolute Gasteiger partial charge is 0.255 e. The van der Waals surface area contributed by atoms with Gasteiger partial charge in [-0.2, -0.15) is 0 Å². The van der Waals surface area contributed by atoms with Crippen molar-refractivity contribution in [2.24, 2.45) is 0 Å². The standard InChI is InChI=1S/C25H29N5O/c1-19-5-4-6-24(26-19)30-17-15-29(16-18-30)23-13-9-21(10-14-23)27-25(31)20-7-11-22(12-8-20)28(2)3/h4-14H,15-18H2,1-3H3,(H,27,31).